The molecule has 1 unspecified atom stereocenters. The van der Waals surface area contributed by atoms with E-state index >= 15 is 0 Å². The number of carbonyl (C=O) groups excluding carboxylic acids is 2. The van der Waals surface area contributed by atoms with Crippen molar-refractivity contribution >= 4 is 43.4 Å². The maximum atomic E-state index is 12.7. The number of ketones is 2. The van der Waals surface area contributed by atoms with E-state index in [-0.39, 0.29) is 11.2 Å². The van der Waals surface area contributed by atoms with Crippen LogP contribution in [0.5, 0.6) is 0 Å². The molecule has 0 aliphatic heterocycles. The van der Waals surface area contributed by atoms with Crippen LogP contribution in [0.2, 0.25) is 0 Å². The first-order valence-corrected chi connectivity index (χ1v) is 10.9. The maximum Gasteiger partial charge on any atom is 0.156 e. The number of carbonyl (C=O) groups is 2. The Kier molecular flexibility index (Phi) is 4.44. The van der Waals surface area contributed by atoms with E-state index in [0.29, 0.717) is 35.9 Å². The van der Waals surface area contributed by atoms with Crippen LogP contribution >= 0.6 is 31.9 Å². The van der Waals surface area contributed by atoms with Gasteiger partial charge >= 0.3 is 0 Å². The summed E-state index contributed by atoms with van der Waals surface area (Å²) >= 11 is 7.25. The molecule has 0 bridgehead atoms. The molecule has 0 radical (unpaired) electrons. The summed E-state index contributed by atoms with van der Waals surface area (Å²) < 4.78 is 0.997. The van der Waals surface area contributed by atoms with Gasteiger partial charge in [0.15, 0.2) is 5.78 Å². The average Bonchev–Trinajstić information content (AvgIpc) is 2.91. The highest BCUT2D eigenvalue weighted by Gasteiger charge is 2.58. The van der Waals surface area contributed by atoms with Gasteiger partial charge in [0.25, 0.3) is 0 Å². The third-order valence-electron chi connectivity index (χ3n) is 7.52. The largest absolute Gasteiger partial charge is 0.299 e. The average molecular weight is 456 g/mol. The number of halogens is 2. The van der Waals surface area contributed by atoms with Crippen molar-refractivity contribution in [3.05, 3.63) is 20.6 Å². The fraction of sp³-hybridized carbons (Fsp3) is 0.700. The maximum absolute atomic E-state index is 12.7. The lowest BCUT2D eigenvalue weighted by molar-refractivity contribution is -0.132. The standard InChI is InChI=1S/C20H24Br2O2/c1-2-20-8-7-13-12-4-3-11(23)9-14(12)16(19(21)22)10-15(13)17(20)5-6-18(20)24/h9,12-13,15,17H,2-8,10H2,1H3/t12-,13-,15-,17+,20?/m1/s1. The fourth-order valence-electron chi connectivity index (χ4n) is 6.43. The molecule has 3 saturated carbocycles. The Hall–Kier alpha value is -0.220. The molecule has 2 nitrogen and oxygen atoms in total. The topological polar surface area (TPSA) is 34.1 Å². The minimum absolute atomic E-state index is 0.0449. The quantitative estimate of drug-likeness (QED) is 0.508. The van der Waals surface area contributed by atoms with Gasteiger partial charge in [-0.3, -0.25) is 9.59 Å². The number of allylic oxidation sites excluding steroid dienone is 2. The van der Waals surface area contributed by atoms with Crippen molar-refractivity contribution in [2.24, 2.45) is 29.1 Å². The smallest absolute Gasteiger partial charge is 0.156 e. The first-order chi connectivity index (χ1) is 11.5. The predicted octanol–water partition coefficient (Wildman–Crippen LogP) is 5.70. The molecule has 0 saturated heterocycles. The van der Waals surface area contributed by atoms with Crippen LogP contribution in [0.1, 0.15) is 58.3 Å². The normalized spacial score (nSPS) is 41.5. The van der Waals surface area contributed by atoms with Gasteiger partial charge in [-0.2, -0.15) is 0 Å². The molecule has 0 aromatic rings. The summed E-state index contributed by atoms with van der Waals surface area (Å²) in [7, 11) is 0. The molecule has 0 aromatic carbocycles. The molecule has 3 fully saturated rings. The zero-order valence-corrected chi connectivity index (χ0v) is 17.3. The van der Waals surface area contributed by atoms with Crippen molar-refractivity contribution in [2.75, 3.05) is 0 Å². The molecular formula is C20H24Br2O2. The number of hydrogen-bond acceptors (Lipinski definition) is 2. The minimum Gasteiger partial charge on any atom is -0.299 e. The molecule has 24 heavy (non-hydrogen) atoms. The lowest BCUT2D eigenvalue weighted by Crippen LogP contribution is -2.48. The van der Waals surface area contributed by atoms with Crippen molar-refractivity contribution in [3.63, 3.8) is 0 Å². The first kappa shape index (κ1) is 17.2. The van der Waals surface area contributed by atoms with E-state index in [1.165, 1.54) is 11.1 Å². The van der Waals surface area contributed by atoms with Crippen molar-refractivity contribution in [1.29, 1.82) is 0 Å². The second kappa shape index (κ2) is 6.19. The van der Waals surface area contributed by atoms with E-state index in [2.05, 4.69) is 38.8 Å². The molecular weight excluding hydrogens is 432 g/mol. The molecule has 4 aliphatic carbocycles. The Labute approximate surface area is 160 Å². The zero-order valence-electron chi connectivity index (χ0n) is 14.1. The summed E-state index contributed by atoms with van der Waals surface area (Å²) in [6.07, 6.45) is 9.67. The minimum atomic E-state index is -0.0449. The Morgan fingerprint density at radius 1 is 1.17 bits per heavy atom. The SMILES string of the molecule is CCC12CC[C@H]3[C@@H](CC(=C(Br)Br)C4=CC(=O)CC[C@@H]43)[C@@H]1CCC2=O. The molecule has 4 aliphatic rings. The van der Waals surface area contributed by atoms with Gasteiger partial charge in [0.05, 0.1) is 3.39 Å². The summed E-state index contributed by atoms with van der Waals surface area (Å²) in [5.74, 6) is 3.10. The van der Waals surface area contributed by atoms with E-state index in [4.69, 9.17) is 0 Å². The van der Waals surface area contributed by atoms with Crippen LogP contribution in [0, 0.1) is 29.1 Å². The van der Waals surface area contributed by atoms with Gasteiger partial charge in [-0.25, -0.2) is 0 Å². The summed E-state index contributed by atoms with van der Waals surface area (Å²) in [6, 6.07) is 0. The van der Waals surface area contributed by atoms with Crippen LogP contribution in [0.15, 0.2) is 20.6 Å². The molecule has 0 N–H and O–H groups in total. The molecule has 4 rings (SSSR count). The number of hydrogen-bond donors (Lipinski definition) is 0. The van der Waals surface area contributed by atoms with Gasteiger partial charge in [-0.15, -0.1) is 0 Å². The molecule has 0 heterocycles. The Balaban J connectivity index is 1.76. The van der Waals surface area contributed by atoms with Crippen LogP contribution in [0.4, 0.5) is 0 Å². The van der Waals surface area contributed by atoms with Crippen LogP contribution in [0.25, 0.3) is 0 Å². The van der Waals surface area contributed by atoms with Crippen molar-refractivity contribution in [3.8, 4) is 0 Å². The lowest BCUT2D eigenvalue weighted by atomic mass is 9.50. The molecule has 4 heteroatoms. The summed E-state index contributed by atoms with van der Waals surface area (Å²) in [5.41, 5.74) is 2.50. The van der Waals surface area contributed by atoms with Crippen molar-refractivity contribution in [1.82, 2.24) is 0 Å². The summed E-state index contributed by atoms with van der Waals surface area (Å²) in [5, 5.41) is 0. The van der Waals surface area contributed by atoms with Crippen molar-refractivity contribution < 1.29 is 9.59 Å². The second-order valence-electron chi connectivity index (χ2n) is 8.10. The first-order valence-electron chi connectivity index (χ1n) is 9.30. The Bertz CT molecular complexity index is 659. The third-order valence-corrected chi connectivity index (χ3v) is 8.48. The highest BCUT2D eigenvalue weighted by molar-refractivity contribution is 9.28. The van der Waals surface area contributed by atoms with E-state index in [0.717, 1.165) is 48.3 Å². The van der Waals surface area contributed by atoms with Gasteiger partial charge in [-0.1, -0.05) is 6.92 Å². The highest BCUT2D eigenvalue weighted by atomic mass is 79.9. The van der Waals surface area contributed by atoms with Gasteiger partial charge in [0.2, 0.25) is 0 Å². The van der Waals surface area contributed by atoms with E-state index in [9.17, 15) is 9.59 Å². The number of Topliss-reactive ketones (excluding diaryl/α,β-unsaturated/α-hetero) is 1. The van der Waals surface area contributed by atoms with Gasteiger partial charge in [-0.05, 0) is 111 Å². The summed E-state index contributed by atoms with van der Waals surface area (Å²) in [4.78, 5) is 24.7. The van der Waals surface area contributed by atoms with Crippen LogP contribution in [-0.4, -0.2) is 11.6 Å². The van der Waals surface area contributed by atoms with E-state index in [1.807, 2.05) is 6.08 Å². The molecule has 0 spiro atoms. The molecule has 0 amide bonds. The molecule has 5 atom stereocenters. The van der Waals surface area contributed by atoms with Gasteiger partial charge in [0.1, 0.15) is 5.78 Å². The molecule has 0 aromatic heterocycles. The van der Waals surface area contributed by atoms with Crippen LogP contribution < -0.4 is 0 Å². The highest BCUT2D eigenvalue weighted by Crippen LogP contribution is 2.63. The Morgan fingerprint density at radius 2 is 1.96 bits per heavy atom. The number of rotatable bonds is 1. The summed E-state index contributed by atoms with van der Waals surface area (Å²) in [6.45, 7) is 2.21. The number of fused-ring (bicyclic) bond motifs is 5. The monoisotopic (exact) mass is 454 g/mol. The zero-order chi connectivity index (χ0) is 17.1. The second-order valence-corrected chi connectivity index (χ2v) is 10.7. The van der Waals surface area contributed by atoms with Crippen molar-refractivity contribution in [2.45, 2.75) is 58.3 Å². The van der Waals surface area contributed by atoms with Crippen LogP contribution in [-0.2, 0) is 9.59 Å². The Morgan fingerprint density at radius 3 is 2.67 bits per heavy atom. The van der Waals surface area contributed by atoms with Crippen LogP contribution in [0.3, 0.4) is 0 Å². The van der Waals surface area contributed by atoms with Gasteiger partial charge in [0, 0.05) is 18.3 Å². The lowest BCUT2D eigenvalue weighted by Gasteiger charge is -2.53. The molecule has 130 valence electrons. The predicted molar refractivity (Wildman–Crippen MR) is 102 cm³/mol. The fourth-order valence-corrected chi connectivity index (χ4v) is 7.22. The van der Waals surface area contributed by atoms with E-state index in [1.54, 1.807) is 0 Å². The third kappa shape index (κ3) is 2.39. The van der Waals surface area contributed by atoms with E-state index < -0.39 is 0 Å². The van der Waals surface area contributed by atoms with Gasteiger partial charge < -0.3 is 0 Å².